The van der Waals surface area contributed by atoms with Crippen molar-refractivity contribution >= 4 is 69.4 Å². The number of thiocarbonyl (C=S) groups is 1. The highest BCUT2D eigenvalue weighted by atomic mass is 35.5. The zero-order valence-electron chi connectivity index (χ0n) is 48.8. The Morgan fingerprint density at radius 1 is 0.671 bits per heavy atom. The molecule has 5 aromatic rings. The SMILES string of the molecule is CC(C)(C)NC(=S)CCC(C)(CO)c1ccccc1.CC(C)(C)NC1=NCC(C)(c2ccccc2)CS1.CC(CN)(CO)c1ccccc1.CC1(c2ccccc2)CN=C(N)SC1.CCOC(=O)C(C)(C#N)c1ccccc1.Cl. The third-order valence-electron chi connectivity index (χ3n) is 13.4. The van der Waals surface area contributed by atoms with Gasteiger partial charge in [0.05, 0.1) is 44.0 Å². The normalized spacial score (nSPS) is 18.9. The number of benzene rings is 5. The van der Waals surface area contributed by atoms with E-state index in [0.29, 0.717) is 12.1 Å². The van der Waals surface area contributed by atoms with Crippen LogP contribution >= 0.6 is 48.1 Å². The van der Waals surface area contributed by atoms with Crippen LogP contribution in [0.1, 0.15) is 124 Å². The second kappa shape index (κ2) is 32.9. The molecule has 2 aliphatic rings. The monoisotopic (exact) mass is 1150 g/mol. The highest BCUT2D eigenvalue weighted by Crippen LogP contribution is 2.34. The Labute approximate surface area is 494 Å². The van der Waals surface area contributed by atoms with E-state index in [-0.39, 0.29) is 65.0 Å². The summed E-state index contributed by atoms with van der Waals surface area (Å²) in [6, 6.07) is 52.2. The smallest absolute Gasteiger partial charge is 0.330 e. The molecule has 0 radical (unpaired) electrons. The third kappa shape index (κ3) is 23.0. The summed E-state index contributed by atoms with van der Waals surface area (Å²) in [6.45, 7) is 27.3. The summed E-state index contributed by atoms with van der Waals surface area (Å²) in [5.41, 5.74) is 15.6. The molecule has 8 N–H and O–H groups in total. The van der Waals surface area contributed by atoms with Gasteiger partial charge in [-0.15, -0.1) is 12.4 Å². The van der Waals surface area contributed by atoms with Crippen LogP contribution in [-0.4, -0.2) is 93.5 Å². The lowest BCUT2D eigenvalue weighted by atomic mass is 9.79. The molecule has 0 aromatic heterocycles. The van der Waals surface area contributed by atoms with Crippen molar-refractivity contribution in [1.82, 2.24) is 10.6 Å². The fourth-order valence-electron chi connectivity index (χ4n) is 7.98. The molecule has 0 saturated heterocycles. The average Bonchev–Trinajstić information content (AvgIpc) is 3.46. The van der Waals surface area contributed by atoms with Crippen LogP contribution in [0, 0.1) is 11.3 Å². The third-order valence-corrected chi connectivity index (χ3v) is 16.2. The van der Waals surface area contributed by atoms with E-state index in [1.165, 1.54) is 11.1 Å². The van der Waals surface area contributed by atoms with Gasteiger partial charge in [-0.05, 0) is 96.0 Å². The molecule has 5 atom stereocenters. The van der Waals surface area contributed by atoms with Crippen LogP contribution in [-0.2, 0) is 36.6 Å². The summed E-state index contributed by atoms with van der Waals surface area (Å²) < 4.78 is 4.89. The summed E-state index contributed by atoms with van der Waals surface area (Å²) in [6.07, 6.45) is 1.63. The molecule has 5 unspecified atom stereocenters. The number of ether oxygens (including phenoxy) is 1. The number of aliphatic imine (C=N–C) groups is 2. The lowest BCUT2D eigenvalue weighted by Gasteiger charge is -2.34. The van der Waals surface area contributed by atoms with Crippen molar-refractivity contribution in [3.8, 4) is 6.07 Å². The summed E-state index contributed by atoms with van der Waals surface area (Å²) in [5.74, 6) is 1.60. The average molecular weight is 1150 g/mol. The van der Waals surface area contributed by atoms with Crippen molar-refractivity contribution in [2.75, 3.05) is 51.0 Å². The van der Waals surface area contributed by atoms with E-state index in [0.717, 1.165) is 63.9 Å². The number of aliphatic hydroxyl groups excluding tert-OH is 2. The summed E-state index contributed by atoms with van der Waals surface area (Å²) in [4.78, 5) is 21.5. The molecule has 0 saturated carbocycles. The van der Waals surface area contributed by atoms with Crippen molar-refractivity contribution in [1.29, 1.82) is 5.26 Å². The number of nitrogens with zero attached hydrogens (tertiary/aromatic N) is 3. The second-order valence-corrected chi connectivity index (χ2v) is 25.5. The molecule has 2 heterocycles. The van der Waals surface area contributed by atoms with Crippen molar-refractivity contribution in [2.45, 2.75) is 134 Å². The number of hydrogen-bond acceptors (Lipinski definition) is 13. The van der Waals surface area contributed by atoms with E-state index in [2.05, 4.69) is 145 Å². The van der Waals surface area contributed by atoms with Crippen molar-refractivity contribution in [3.63, 3.8) is 0 Å². The first-order valence-electron chi connectivity index (χ1n) is 26.7. The van der Waals surface area contributed by atoms with Crippen LogP contribution in [0.15, 0.2) is 162 Å². The minimum Gasteiger partial charge on any atom is -0.465 e. The number of halogens is 1. The molecule has 79 heavy (non-hydrogen) atoms. The first kappa shape index (κ1) is 69.9. The van der Waals surface area contributed by atoms with E-state index in [1.54, 1.807) is 49.9 Å². The van der Waals surface area contributed by atoms with E-state index in [1.807, 2.05) is 85.4 Å². The van der Waals surface area contributed by atoms with Crippen LogP contribution in [0.25, 0.3) is 0 Å². The Bertz CT molecular complexity index is 2670. The Kier molecular flexibility index (Phi) is 29.1. The molecule has 2 aliphatic heterocycles. The Morgan fingerprint density at radius 2 is 1.08 bits per heavy atom. The molecule has 15 heteroatoms. The van der Waals surface area contributed by atoms with Crippen LogP contribution < -0.4 is 22.1 Å². The molecular weight excluding hydrogens is 1060 g/mol. The molecule has 0 amide bonds. The van der Waals surface area contributed by atoms with Crippen LogP contribution in [0.4, 0.5) is 0 Å². The number of esters is 1. The van der Waals surface area contributed by atoms with Gasteiger partial charge in [-0.1, -0.05) is 215 Å². The molecule has 0 fully saturated rings. The zero-order valence-corrected chi connectivity index (χ0v) is 52.1. The highest BCUT2D eigenvalue weighted by molar-refractivity contribution is 8.14. The number of nitrogens with two attached hydrogens (primary N) is 2. The lowest BCUT2D eigenvalue weighted by Crippen LogP contribution is -2.43. The van der Waals surface area contributed by atoms with E-state index >= 15 is 0 Å². The summed E-state index contributed by atoms with van der Waals surface area (Å²) in [7, 11) is 0. The minimum absolute atomic E-state index is 0. The van der Waals surface area contributed by atoms with Gasteiger partial charge in [0.2, 0.25) is 0 Å². The Morgan fingerprint density at radius 3 is 1.42 bits per heavy atom. The van der Waals surface area contributed by atoms with Gasteiger partial charge < -0.3 is 37.1 Å². The zero-order chi connectivity index (χ0) is 58.1. The van der Waals surface area contributed by atoms with Crippen LogP contribution in [0.5, 0.6) is 0 Å². The van der Waals surface area contributed by atoms with E-state index < -0.39 is 11.4 Å². The maximum Gasteiger partial charge on any atom is 0.330 e. The molecule has 0 bridgehead atoms. The number of hydrogen-bond donors (Lipinski definition) is 6. The largest absolute Gasteiger partial charge is 0.465 e. The number of aliphatic hydroxyl groups is 2. The molecule has 430 valence electrons. The van der Waals surface area contributed by atoms with Gasteiger partial charge in [0.25, 0.3) is 0 Å². The number of amidine groups is 2. The Balaban J connectivity index is 0.000000339. The molecule has 5 aromatic carbocycles. The predicted octanol–water partition coefficient (Wildman–Crippen LogP) is 12.2. The number of carbonyl (C=O) groups excluding carboxylic acids is 1. The maximum absolute atomic E-state index is 11.7. The van der Waals surface area contributed by atoms with E-state index in [9.17, 15) is 9.90 Å². The molecule has 0 aliphatic carbocycles. The van der Waals surface area contributed by atoms with Crippen molar-refractivity contribution < 1.29 is 19.7 Å². The molecular formula is C64H90ClN7O4S3. The van der Waals surface area contributed by atoms with Crippen molar-refractivity contribution in [2.24, 2.45) is 21.5 Å². The van der Waals surface area contributed by atoms with Crippen LogP contribution in [0.2, 0.25) is 0 Å². The second-order valence-electron chi connectivity index (χ2n) is 23.1. The molecule has 0 spiro atoms. The molecule has 7 rings (SSSR count). The van der Waals surface area contributed by atoms with Crippen LogP contribution in [0.3, 0.4) is 0 Å². The lowest BCUT2D eigenvalue weighted by molar-refractivity contribution is -0.147. The number of nitrogens with one attached hydrogen (secondary N) is 2. The standard InChI is InChI=1S/C16H25NOS.C15H22N2S.C12H13NO2.C11H14N2S.C10H15NO.ClH/c1-15(2,3)17-14(19)10-11-16(4,12-18)13-8-6-5-7-9-13;1-14(2,3)17-13-16-10-15(4,11-18-13)12-8-6-5-7-9-12;1-3-15-11(14)12(2,9-13)10-7-5-4-6-8-10;1-11(7-13-10(12)14-8-11)9-5-3-2-4-6-9;1-10(7-11,8-12)9-5-3-2-4-6-9;/h5-9,18H,10-12H2,1-4H3,(H,17,19);5-9H,10-11H2,1-4H3,(H,16,17);4-8H,3H2,1-2H3;2-6H,7-8H2,1H3,(H2,12,13);2-6,12H,7-8,11H2,1H3;1H. The van der Waals surface area contributed by atoms with Gasteiger partial charge in [-0.3, -0.25) is 9.98 Å². The molecule has 11 nitrogen and oxygen atoms in total. The maximum atomic E-state index is 11.7. The summed E-state index contributed by atoms with van der Waals surface area (Å²) >= 11 is 8.85. The predicted molar refractivity (Wildman–Crippen MR) is 343 cm³/mol. The topological polar surface area (TPSA) is 191 Å². The fourth-order valence-corrected chi connectivity index (χ4v) is 10.5. The van der Waals surface area contributed by atoms with Gasteiger partial charge in [0.1, 0.15) is 0 Å². The number of thioether (sulfide) groups is 2. The number of rotatable bonds is 13. The number of nitriles is 1. The Hall–Kier alpha value is -5.24. The number of carbonyl (C=O) groups is 1. The van der Waals surface area contributed by atoms with Gasteiger partial charge >= 0.3 is 5.97 Å². The highest BCUT2D eigenvalue weighted by Gasteiger charge is 2.37. The van der Waals surface area contributed by atoms with Gasteiger partial charge in [-0.2, -0.15) is 5.26 Å². The summed E-state index contributed by atoms with van der Waals surface area (Å²) in [5, 5.41) is 36.5. The minimum atomic E-state index is -1.21. The van der Waals surface area contributed by atoms with Gasteiger partial charge in [0, 0.05) is 50.8 Å². The van der Waals surface area contributed by atoms with Gasteiger partial charge in [-0.25, -0.2) is 4.79 Å². The first-order chi connectivity index (χ1) is 36.7. The quantitative estimate of drug-likeness (QED) is 0.0484. The van der Waals surface area contributed by atoms with Gasteiger partial charge in [0.15, 0.2) is 15.8 Å². The fraction of sp³-hybridized carbons (Fsp3) is 0.453. The van der Waals surface area contributed by atoms with E-state index in [4.69, 9.17) is 43.8 Å². The first-order valence-corrected chi connectivity index (χ1v) is 29.1. The van der Waals surface area contributed by atoms with Crippen molar-refractivity contribution in [3.05, 3.63) is 179 Å².